The molecule has 1 aliphatic rings. The van der Waals surface area contributed by atoms with Crippen molar-refractivity contribution in [3.8, 4) is 0 Å². The van der Waals surface area contributed by atoms with E-state index in [1.54, 1.807) is 6.08 Å². The molecule has 0 aliphatic carbocycles. The van der Waals surface area contributed by atoms with Crippen molar-refractivity contribution in [2.45, 2.75) is 455 Å². The first-order chi connectivity index (χ1) is 43.8. The summed E-state index contributed by atoms with van der Waals surface area (Å²) in [5.74, 6) is -0.177. The highest BCUT2D eigenvalue weighted by molar-refractivity contribution is 5.76. The zero-order valence-corrected chi connectivity index (χ0v) is 59.2. The van der Waals surface area contributed by atoms with E-state index in [-0.39, 0.29) is 12.5 Å². The van der Waals surface area contributed by atoms with Gasteiger partial charge in [-0.2, -0.15) is 0 Å². The van der Waals surface area contributed by atoms with Crippen molar-refractivity contribution in [2.24, 2.45) is 0 Å². The van der Waals surface area contributed by atoms with Crippen LogP contribution in [0.15, 0.2) is 36.5 Å². The van der Waals surface area contributed by atoms with Crippen LogP contribution in [0, 0.1) is 0 Å². The summed E-state index contributed by atoms with van der Waals surface area (Å²) in [7, 11) is 0. The Morgan fingerprint density at radius 3 is 0.944 bits per heavy atom. The second kappa shape index (κ2) is 69.2. The molecule has 0 bridgehead atoms. The number of hydrogen-bond acceptors (Lipinski definition) is 8. The zero-order valence-electron chi connectivity index (χ0n) is 59.2. The quantitative estimate of drug-likeness (QED) is 0.0261. The molecule has 0 radical (unpaired) electrons. The number of carbonyl (C=O) groups is 1. The molecule has 9 nitrogen and oxygen atoms in total. The van der Waals surface area contributed by atoms with Gasteiger partial charge < -0.3 is 40.3 Å². The van der Waals surface area contributed by atoms with E-state index in [2.05, 4.69) is 43.5 Å². The molecule has 1 rings (SSSR count). The van der Waals surface area contributed by atoms with Crippen molar-refractivity contribution >= 4 is 5.91 Å². The van der Waals surface area contributed by atoms with E-state index >= 15 is 0 Å². The highest BCUT2D eigenvalue weighted by Gasteiger charge is 2.44. The Morgan fingerprint density at radius 2 is 0.640 bits per heavy atom. The van der Waals surface area contributed by atoms with E-state index in [4.69, 9.17) is 9.47 Å². The summed E-state index contributed by atoms with van der Waals surface area (Å²) < 4.78 is 11.3. The van der Waals surface area contributed by atoms with Gasteiger partial charge in [-0.15, -0.1) is 0 Å². The van der Waals surface area contributed by atoms with Gasteiger partial charge >= 0.3 is 0 Å². The average Bonchev–Trinajstić information content (AvgIpc) is 2.42. The van der Waals surface area contributed by atoms with Crippen LogP contribution in [-0.2, 0) is 14.3 Å². The molecule has 0 saturated carbocycles. The topological polar surface area (TPSA) is 149 Å². The zero-order chi connectivity index (χ0) is 64.2. The number of allylic oxidation sites excluding steroid dienone is 5. The number of ether oxygens (including phenoxy) is 2. The van der Waals surface area contributed by atoms with E-state index in [0.717, 1.165) is 38.5 Å². The van der Waals surface area contributed by atoms with Gasteiger partial charge in [0.1, 0.15) is 24.4 Å². The van der Waals surface area contributed by atoms with Gasteiger partial charge in [0.25, 0.3) is 0 Å². The first kappa shape index (κ1) is 85.4. The Bertz CT molecular complexity index is 1500. The minimum absolute atomic E-state index is 0.177. The van der Waals surface area contributed by atoms with Crippen LogP contribution in [0.3, 0.4) is 0 Å². The maximum atomic E-state index is 13.2. The molecule has 1 amide bonds. The number of carbonyl (C=O) groups excluding carboxylic acids is 1. The average molecular weight is 1260 g/mol. The van der Waals surface area contributed by atoms with Gasteiger partial charge in [-0.05, 0) is 57.8 Å². The van der Waals surface area contributed by atoms with Crippen molar-refractivity contribution < 1.29 is 39.8 Å². The normalized spacial score (nSPS) is 17.9. The summed E-state index contributed by atoms with van der Waals surface area (Å²) in [5.41, 5.74) is 0. The third kappa shape index (κ3) is 57.6. The van der Waals surface area contributed by atoms with Crippen LogP contribution in [0.5, 0.6) is 0 Å². The number of hydrogen-bond donors (Lipinski definition) is 6. The fraction of sp³-hybridized carbons (Fsp3) is 0.912. The van der Waals surface area contributed by atoms with E-state index in [1.807, 2.05) is 6.08 Å². The molecule has 89 heavy (non-hydrogen) atoms. The van der Waals surface area contributed by atoms with Crippen molar-refractivity contribution in [1.29, 1.82) is 0 Å². The minimum Gasteiger partial charge on any atom is -0.394 e. The molecule has 0 spiro atoms. The SMILES string of the molecule is CCCCCCCCCC/C=C\CCCCCCCCCCCCCCCCCCCCCCCCCCCCCC(=O)NC(COC1OC(CO)C(O)C(O)C1O)C(O)/C=C/CC/C=C/CCCCCCCCCCCCCCCCCCCCCCC. The lowest BCUT2D eigenvalue weighted by Crippen LogP contribution is -2.60. The standard InChI is InChI=1S/C80H153NO8/c1-3-5-7-9-11-13-15-17-19-21-23-25-27-29-31-32-33-34-35-36-37-38-39-40-41-42-44-46-48-50-52-54-56-58-60-62-64-66-68-70-76(84)81-73(72-88-80-79(87)78(86)77(85)75(71-82)89-80)74(83)69-67-65-63-61-59-57-55-53-51-49-47-45-43-30-28-26-24-22-20-18-16-14-12-10-8-6-4-2/h21,23,59,61,67,69,73-75,77-80,82-83,85-87H,3-20,22,24-58,60,62-66,68,70-72H2,1-2H3,(H,81,84)/b23-21-,61-59+,69-67+. The van der Waals surface area contributed by atoms with Crippen LogP contribution >= 0.6 is 0 Å². The number of aliphatic hydroxyl groups is 5. The fourth-order valence-corrected chi connectivity index (χ4v) is 13.0. The minimum atomic E-state index is -1.57. The lowest BCUT2D eigenvalue weighted by atomic mass is 9.99. The van der Waals surface area contributed by atoms with Gasteiger partial charge in [-0.1, -0.05) is 384 Å². The number of unbranched alkanes of at least 4 members (excludes halogenated alkanes) is 57. The van der Waals surface area contributed by atoms with Gasteiger partial charge in [0.2, 0.25) is 5.91 Å². The maximum absolute atomic E-state index is 13.2. The Hall–Kier alpha value is -1.59. The van der Waals surface area contributed by atoms with Crippen molar-refractivity contribution in [2.75, 3.05) is 13.2 Å². The molecule has 9 heteroatoms. The molecule has 7 unspecified atom stereocenters. The van der Waals surface area contributed by atoms with Gasteiger partial charge in [0.05, 0.1) is 25.4 Å². The lowest BCUT2D eigenvalue weighted by molar-refractivity contribution is -0.302. The summed E-state index contributed by atoms with van der Waals surface area (Å²) in [6, 6.07) is -0.822. The van der Waals surface area contributed by atoms with Crippen molar-refractivity contribution in [3.63, 3.8) is 0 Å². The molecule has 1 heterocycles. The Balaban J connectivity index is 2.06. The Morgan fingerprint density at radius 1 is 0.371 bits per heavy atom. The van der Waals surface area contributed by atoms with Gasteiger partial charge in [0, 0.05) is 6.42 Å². The number of nitrogens with one attached hydrogen (secondary N) is 1. The molecule has 1 saturated heterocycles. The van der Waals surface area contributed by atoms with Crippen LogP contribution in [0.4, 0.5) is 0 Å². The molecular weight excluding hydrogens is 1100 g/mol. The summed E-state index contributed by atoms with van der Waals surface area (Å²) in [4.78, 5) is 13.2. The van der Waals surface area contributed by atoms with Crippen LogP contribution in [-0.4, -0.2) is 87.5 Å². The van der Waals surface area contributed by atoms with Crippen LogP contribution in [0.25, 0.3) is 0 Å². The predicted octanol–water partition coefficient (Wildman–Crippen LogP) is 22.5. The second-order valence-corrected chi connectivity index (χ2v) is 27.9. The lowest BCUT2D eigenvalue weighted by Gasteiger charge is -2.40. The third-order valence-corrected chi connectivity index (χ3v) is 19.2. The maximum Gasteiger partial charge on any atom is 0.220 e. The molecule has 526 valence electrons. The molecule has 0 aromatic rings. The highest BCUT2D eigenvalue weighted by atomic mass is 16.7. The molecule has 0 aromatic heterocycles. The second-order valence-electron chi connectivity index (χ2n) is 27.9. The summed E-state index contributed by atoms with van der Waals surface area (Å²) in [6.07, 6.45) is 87.3. The summed E-state index contributed by atoms with van der Waals surface area (Å²) in [5, 5.41) is 54.8. The van der Waals surface area contributed by atoms with E-state index in [0.29, 0.717) is 6.42 Å². The monoisotopic (exact) mass is 1260 g/mol. The van der Waals surface area contributed by atoms with Gasteiger partial charge in [-0.3, -0.25) is 4.79 Å². The molecule has 0 aromatic carbocycles. The van der Waals surface area contributed by atoms with Gasteiger partial charge in [0.15, 0.2) is 6.29 Å². The first-order valence-electron chi connectivity index (χ1n) is 39.7. The molecule has 1 aliphatic heterocycles. The van der Waals surface area contributed by atoms with Crippen LogP contribution in [0.2, 0.25) is 0 Å². The predicted molar refractivity (Wildman–Crippen MR) is 383 cm³/mol. The first-order valence-corrected chi connectivity index (χ1v) is 39.7. The Kier molecular flexibility index (Phi) is 66.5. The summed E-state index contributed by atoms with van der Waals surface area (Å²) in [6.45, 7) is 3.83. The van der Waals surface area contributed by atoms with E-state index < -0.39 is 49.5 Å². The third-order valence-electron chi connectivity index (χ3n) is 19.2. The van der Waals surface area contributed by atoms with Crippen molar-refractivity contribution in [3.05, 3.63) is 36.5 Å². The number of amides is 1. The molecule has 6 N–H and O–H groups in total. The molecule has 1 fully saturated rings. The van der Waals surface area contributed by atoms with Crippen LogP contribution in [0.1, 0.15) is 412 Å². The Labute approximate surface area is 552 Å². The number of rotatable bonds is 71. The fourth-order valence-electron chi connectivity index (χ4n) is 13.0. The smallest absolute Gasteiger partial charge is 0.220 e. The summed E-state index contributed by atoms with van der Waals surface area (Å²) >= 11 is 0. The van der Waals surface area contributed by atoms with Gasteiger partial charge in [-0.25, -0.2) is 0 Å². The molecule has 7 atom stereocenters. The highest BCUT2D eigenvalue weighted by Crippen LogP contribution is 2.24. The van der Waals surface area contributed by atoms with Crippen LogP contribution < -0.4 is 5.32 Å². The van der Waals surface area contributed by atoms with E-state index in [1.165, 1.54) is 353 Å². The largest absolute Gasteiger partial charge is 0.394 e. The molecular formula is C80H153NO8. The van der Waals surface area contributed by atoms with E-state index in [9.17, 15) is 30.3 Å². The number of aliphatic hydroxyl groups excluding tert-OH is 5. The van der Waals surface area contributed by atoms with Crippen molar-refractivity contribution in [1.82, 2.24) is 5.32 Å².